The minimum Gasteiger partial charge on any atom is -0.755 e. The van der Waals surface area contributed by atoms with Crippen molar-refractivity contribution in [1.82, 2.24) is 15.2 Å². The average molecular weight is 220 g/mol. The maximum atomic E-state index is 11.0. The molecule has 6 nitrogen and oxygen atoms in total. The molecule has 0 saturated carbocycles. The Kier molecular flexibility index (Phi) is 4.85. The molecule has 14 heavy (non-hydrogen) atoms. The highest BCUT2D eigenvalue weighted by Crippen LogP contribution is 2.07. The molecular weight excluding hydrogens is 206 g/mol. The monoisotopic (exact) mass is 220 g/mol. The smallest absolute Gasteiger partial charge is 0.340 e. The van der Waals surface area contributed by atoms with Gasteiger partial charge in [0.25, 0.3) is 0 Å². The fraction of sp³-hybridized carbons (Fsp3) is 0.857. The molecule has 0 aromatic carbocycles. The van der Waals surface area contributed by atoms with E-state index in [-0.39, 0.29) is 0 Å². The minimum atomic E-state index is -2.54. The van der Waals surface area contributed by atoms with Crippen LogP contribution in [0, 0.1) is 0 Å². The van der Waals surface area contributed by atoms with E-state index in [2.05, 4.69) is 5.43 Å². The standard InChI is InChI=1S/C7H15N3O3S/c11-7(9-14(12)13)8-10-5-3-1-2-4-6-10/h1-6H2,(H,12,13)(H2,8,9,11)/p-1. The molecule has 7 heteroatoms. The number of hydrogen-bond acceptors (Lipinski definition) is 4. The second-order valence-electron chi connectivity index (χ2n) is 3.18. The Morgan fingerprint density at radius 1 is 1.21 bits per heavy atom. The number of carbonyl (C=O) groups is 1. The maximum Gasteiger partial charge on any atom is 0.340 e. The summed E-state index contributed by atoms with van der Waals surface area (Å²) in [5, 5.41) is 1.75. The van der Waals surface area contributed by atoms with Crippen molar-refractivity contribution in [2.45, 2.75) is 25.7 Å². The molecule has 82 valence electrons. The lowest BCUT2D eigenvalue weighted by Gasteiger charge is -2.21. The molecule has 0 aromatic rings. The van der Waals surface area contributed by atoms with E-state index in [0.717, 1.165) is 38.8 Å². The lowest BCUT2D eigenvalue weighted by Crippen LogP contribution is -2.47. The van der Waals surface area contributed by atoms with E-state index < -0.39 is 17.3 Å². The number of rotatable bonds is 2. The largest absolute Gasteiger partial charge is 0.755 e. The van der Waals surface area contributed by atoms with Gasteiger partial charge in [-0.2, -0.15) is 0 Å². The number of hydrogen-bond donors (Lipinski definition) is 2. The highest BCUT2D eigenvalue weighted by Gasteiger charge is 2.10. The molecule has 0 bridgehead atoms. The number of nitrogens with zero attached hydrogens (tertiary/aromatic N) is 1. The van der Waals surface area contributed by atoms with Gasteiger partial charge < -0.3 is 4.55 Å². The lowest BCUT2D eigenvalue weighted by atomic mass is 10.2. The molecule has 2 amide bonds. The number of amides is 2. The quantitative estimate of drug-likeness (QED) is 0.635. The van der Waals surface area contributed by atoms with Gasteiger partial charge in [0.05, 0.1) is 0 Å². The first-order valence-electron chi connectivity index (χ1n) is 4.60. The molecule has 1 aliphatic heterocycles. The van der Waals surface area contributed by atoms with Crippen molar-refractivity contribution < 1.29 is 13.6 Å². The molecule has 1 unspecified atom stereocenters. The molecule has 1 aliphatic rings. The summed E-state index contributed by atoms with van der Waals surface area (Å²) in [7, 11) is 0. The van der Waals surface area contributed by atoms with Gasteiger partial charge in [-0.05, 0) is 12.8 Å². The molecule has 2 N–H and O–H groups in total. The summed E-state index contributed by atoms with van der Waals surface area (Å²) in [6.07, 6.45) is 4.38. The average Bonchev–Trinajstić information content (AvgIpc) is 2.31. The summed E-state index contributed by atoms with van der Waals surface area (Å²) in [5.41, 5.74) is 2.48. The van der Waals surface area contributed by atoms with Crippen molar-refractivity contribution in [3.63, 3.8) is 0 Å². The summed E-state index contributed by atoms with van der Waals surface area (Å²) in [6, 6.07) is -0.694. The van der Waals surface area contributed by atoms with Crippen LogP contribution in [0.15, 0.2) is 0 Å². The number of hydrazine groups is 1. The van der Waals surface area contributed by atoms with Crippen molar-refractivity contribution in [3.8, 4) is 0 Å². The van der Waals surface area contributed by atoms with Gasteiger partial charge in [0.15, 0.2) is 0 Å². The van der Waals surface area contributed by atoms with Crippen LogP contribution in [0.4, 0.5) is 4.79 Å². The zero-order valence-electron chi connectivity index (χ0n) is 7.82. The third-order valence-electron chi connectivity index (χ3n) is 2.04. The van der Waals surface area contributed by atoms with Crippen LogP contribution in [0.3, 0.4) is 0 Å². The van der Waals surface area contributed by atoms with Crippen molar-refractivity contribution in [2.75, 3.05) is 13.1 Å². The van der Waals surface area contributed by atoms with E-state index in [1.165, 1.54) is 0 Å². The van der Waals surface area contributed by atoms with Gasteiger partial charge in [-0.1, -0.05) is 12.8 Å². The summed E-state index contributed by atoms with van der Waals surface area (Å²) < 4.78 is 22.0. The van der Waals surface area contributed by atoms with Crippen LogP contribution in [-0.4, -0.2) is 32.9 Å². The van der Waals surface area contributed by atoms with E-state index in [1.807, 2.05) is 0 Å². The zero-order valence-corrected chi connectivity index (χ0v) is 8.64. The second-order valence-corrected chi connectivity index (χ2v) is 3.85. The van der Waals surface area contributed by atoms with Gasteiger partial charge in [0.1, 0.15) is 0 Å². The molecule has 0 aromatic heterocycles. The first-order valence-corrected chi connectivity index (χ1v) is 5.67. The van der Waals surface area contributed by atoms with E-state index in [1.54, 1.807) is 9.73 Å². The molecule has 1 heterocycles. The van der Waals surface area contributed by atoms with Gasteiger partial charge in [-0.3, -0.25) is 14.4 Å². The predicted molar refractivity (Wildman–Crippen MR) is 50.6 cm³/mol. The summed E-state index contributed by atoms with van der Waals surface area (Å²) in [5.74, 6) is 0. The molecule has 0 spiro atoms. The Labute approximate surface area is 85.4 Å². The van der Waals surface area contributed by atoms with Crippen molar-refractivity contribution in [2.24, 2.45) is 0 Å². The Bertz CT molecular complexity index is 216. The fourth-order valence-corrected chi connectivity index (χ4v) is 1.62. The lowest BCUT2D eigenvalue weighted by molar-refractivity contribution is 0.184. The third-order valence-corrected chi connectivity index (χ3v) is 2.39. The minimum absolute atomic E-state index is 0.694. The molecule has 1 atom stereocenters. The summed E-state index contributed by atoms with van der Waals surface area (Å²) in [4.78, 5) is 11.0. The first kappa shape index (κ1) is 11.4. The van der Waals surface area contributed by atoms with Crippen LogP contribution < -0.4 is 10.1 Å². The molecule has 0 radical (unpaired) electrons. The second kappa shape index (κ2) is 5.94. The number of carbonyl (C=O) groups excluding carboxylic acids is 1. The molecule has 0 aliphatic carbocycles. The van der Waals surface area contributed by atoms with Crippen molar-refractivity contribution >= 4 is 17.3 Å². The van der Waals surface area contributed by atoms with Gasteiger partial charge >= 0.3 is 6.03 Å². The van der Waals surface area contributed by atoms with Crippen molar-refractivity contribution in [3.05, 3.63) is 0 Å². The van der Waals surface area contributed by atoms with Crippen LogP contribution in [0.25, 0.3) is 0 Å². The van der Waals surface area contributed by atoms with Crippen LogP contribution in [-0.2, 0) is 11.3 Å². The van der Waals surface area contributed by atoms with Crippen LogP contribution in [0.2, 0.25) is 0 Å². The topological polar surface area (TPSA) is 84.5 Å². The normalized spacial score (nSPS) is 20.9. The maximum absolute atomic E-state index is 11.0. The Balaban J connectivity index is 2.27. The fourth-order valence-electron chi connectivity index (χ4n) is 1.42. The molecule has 1 saturated heterocycles. The van der Waals surface area contributed by atoms with Gasteiger partial charge in [0, 0.05) is 24.4 Å². The molecule has 1 rings (SSSR count). The van der Waals surface area contributed by atoms with Crippen LogP contribution in [0.1, 0.15) is 25.7 Å². The van der Waals surface area contributed by atoms with Gasteiger partial charge in [0.2, 0.25) is 0 Å². The Morgan fingerprint density at radius 2 is 1.79 bits per heavy atom. The molecule has 1 fully saturated rings. The Morgan fingerprint density at radius 3 is 2.29 bits per heavy atom. The van der Waals surface area contributed by atoms with Crippen molar-refractivity contribution in [1.29, 1.82) is 0 Å². The number of urea groups is 1. The SMILES string of the molecule is O=C(NN1CCCCCC1)NS(=O)[O-]. The first-order chi connectivity index (χ1) is 6.68. The molecular formula is C7H14N3O3S-. The van der Waals surface area contributed by atoms with Crippen LogP contribution >= 0.6 is 0 Å². The Hall–Kier alpha value is -0.660. The summed E-state index contributed by atoms with van der Waals surface area (Å²) in [6.45, 7) is 1.55. The highest BCUT2D eigenvalue weighted by molar-refractivity contribution is 7.77. The third kappa shape index (κ3) is 4.54. The zero-order chi connectivity index (χ0) is 10.4. The predicted octanol–water partition coefficient (Wildman–Crippen LogP) is -0.129. The van der Waals surface area contributed by atoms with Crippen LogP contribution in [0.5, 0.6) is 0 Å². The van der Waals surface area contributed by atoms with E-state index in [0.29, 0.717) is 0 Å². The van der Waals surface area contributed by atoms with E-state index in [9.17, 15) is 13.6 Å². The summed E-state index contributed by atoms with van der Waals surface area (Å²) >= 11 is -2.54. The number of nitrogens with one attached hydrogen (secondary N) is 2. The van der Waals surface area contributed by atoms with E-state index >= 15 is 0 Å². The van der Waals surface area contributed by atoms with Gasteiger partial charge in [-0.15, -0.1) is 0 Å². The van der Waals surface area contributed by atoms with E-state index in [4.69, 9.17) is 0 Å². The highest BCUT2D eigenvalue weighted by atomic mass is 32.2. The van der Waals surface area contributed by atoms with Gasteiger partial charge in [-0.25, -0.2) is 9.80 Å².